The molecule has 112 valence electrons. The number of hydrazine groups is 1. The number of ether oxygens (including phenoxy) is 2. The molecule has 0 saturated carbocycles. The molecule has 2 rings (SSSR count). The zero-order valence-electron chi connectivity index (χ0n) is 12.3. The van der Waals surface area contributed by atoms with Crippen molar-refractivity contribution in [1.29, 1.82) is 0 Å². The van der Waals surface area contributed by atoms with E-state index in [4.69, 9.17) is 15.3 Å². The molecule has 0 aliphatic heterocycles. The van der Waals surface area contributed by atoms with Crippen LogP contribution in [0.2, 0.25) is 0 Å². The Balaban J connectivity index is 2.30. The molecule has 1 aromatic carbocycles. The van der Waals surface area contributed by atoms with Crippen LogP contribution in [0, 0.1) is 0 Å². The van der Waals surface area contributed by atoms with Crippen molar-refractivity contribution in [3.05, 3.63) is 36.2 Å². The monoisotopic (exact) mass is 288 g/mol. The number of anilines is 1. The number of benzene rings is 1. The van der Waals surface area contributed by atoms with Gasteiger partial charge in [-0.15, -0.1) is 0 Å². The van der Waals surface area contributed by atoms with E-state index in [2.05, 4.69) is 22.3 Å². The molecule has 0 bridgehead atoms. The third-order valence-corrected chi connectivity index (χ3v) is 2.91. The zero-order chi connectivity index (χ0) is 15.1. The van der Waals surface area contributed by atoms with Crippen LogP contribution in [0.3, 0.4) is 0 Å². The highest BCUT2D eigenvalue weighted by Gasteiger charge is 2.13. The van der Waals surface area contributed by atoms with Crippen LogP contribution >= 0.6 is 0 Å². The van der Waals surface area contributed by atoms with E-state index in [1.54, 1.807) is 0 Å². The van der Waals surface area contributed by atoms with Gasteiger partial charge in [-0.25, -0.2) is 15.8 Å². The standard InChI is InChI=1S/C15H20N4O2/c1-3-9-20-12-7-5-6-8-13(12)21-15-11(4-2)14(19-16)17-10-18-15/h5-8,10H,3-4,9,16H2,1-2H3,(H,17,18,19). The van der Waals surface area contributed by atoms with Crippen LogP contribution in [0.1, 0.15) is 25.8 Å². The molecular formula is C15H20N4O2. The minimum absolute atomic E-state index is 0.480. The summed E-state index contributed by atoms with van der Waals surface area (Å²) < 4.78 is 11.6. The SMILES string of the molecule is CCCOc1ccccc1Oc1ncnc(NN)c1CC. The van der Waals surface area contributed by atoms with Crippen molar-refractivity contribution in [3.8, 4) is 17.4 Å². The van der Waals surface area contributed by atoms with Crippen molar-refractivity contribution in [2.45, 2.75) is 26.7 Å². The number of hydrogen-bond donors (Lipinski definition) is 2. The van der Waals surface area contributed by atoms with Crippen LogP contribution < -0.4 is 20.7 Å². The molecule has 0 radical (unpaired) electrons. The highest BCUT2D eigenvalue weighted by molar-refractivity contribution is 5.50. The van der Waals surface area contributed by atoms with Crippen LogP contribution in [0.5, 0.6) is 17.4 Å². The van der Waals surface area contributed by atoms with E-state index in [9.17, 15) is 0 Å². The molecule has 0 aliphatic carbocycles. The number of nitrogens with two attached hydrogens (primary N) is 1. The molecule has 3 N–H and O–H groups in total. The summed E-state index contributed by atoms with van der Waals surface area (Å²) in [6.07, 6.45) is 3.05. The topological polar surface area (TPSA) is 82.3 Å². The quantitative estimate of drug-likeness (QED) is 0.602. The molecule has 6 nitrogen and oxygen atoms in total. The highest BCUT2D eigenvalue weighted by atomic mass is 16.5. The first-order chi connectivity index (χ1) is 10.3. The fraction of sp³-hybridized carbons (Fsp3) is 0.333. The summed E-state index contributed by atoms with van der Waals surface area (Å²) in [5.41, 5.74) is 3.38. The smallest absolute Gasteiger partial charge is 0.227 e. The van der Waals surface area contributed by atoms with Crippen molar-refractivity contribution < 1.29 is 9.47 Å². The van der Waals surface area contributed by atoms with E-state index in [-0.39, 0.29) is 0 Å². The number of nitrogen functional groups attached to an aromatic ring is 1. The van der Waals surface area contributed by atoms with E-state index in [1.165, 1.54) is 6.33 Å². The normalized spacial score (nSPS) is 10.2. The summed E-state index contributed by atoms with van der Waals surface area (Å²) >= 11 is 0. The van der Waals surface area contributed by atoms with E-state index < -0.39 is 0 Å². The van der Waals surface area contributed by atoms with Gasteiger partial charge in [0.15, 0.2) is 11.5 Å². The highest BCUT2D eigenvalue weighted by Crippen LogP contribution is 2.33. The summed E-state index contributed by atoms with van der Waals surface area (Å²) in [6, 6.07) is 7.52. The third-order valence-electron chi connectivity index (χ3n) is 2.91. The van der Waals surface area contributed by atoms with E-state index in [0.29, 0.717) is 36.2 Å². The average molecular weight is 288 g/mol. The minimum atomic E-state index is 0.480. The van der Waals surface area contributed by atoms with Gasteiger partial charge in [-0.05, 0) is 25.0 Å². The Bertz CT molecular complexity index is 590. The molecule has 1 aromatic heterocycles. The predicted octanol–water partition coefficient (Wildman–Crippen LogP) is 2.91. The Morgan fingerprint density at radius 3 is 2.57 bits per heavy atom. The first kappa shape index (κ1) is 15.1. The summed E-state index contributed by atoms with van der Waals surface area (Å²) in [5, 5.41) is 0. The molecule has 6 heteroatoms. The van der Waals surface area contributed by atoms with Gasteiger partial charge in [0.1, 0.15) is 12.1 Å². The van der Waals surface area contributed by atoms with Gasteiger partial charge in [-0.2, -0.15) is 0 Å². The maximum Gasteiger partial charge on any atom is 0.227 e. The van der Waals surface area contributed by atoms with Gasteiger partial charge in [-0.3, -0.25) is 0 Å². The molecule has 0 atom stereocenters. The number of nitrogens with one attached hydrogen (secondary N) is 1. The Morgan fingerprint density at radius 2 is 1.90 bits per heavy atom. The fourth-order valence-corrected chi connectivity index (χ4v) is 1.90. The van der Waals surface area contributed by atoms with Crippen molar-refractivity contribution in [2.24, 2.45) is 5.84 Å². The molecule has 0 saturated heterocycles. The Hall–Kier alpha value is -2.34. The van der Waals surface area contributed by atoms with Crippen molar-refractivity contribution in [1.82, 2.24) is 9.97 Å². The van der Waals surface area contributed by atoms with E-state index in [0.717, 1.165) is 12.0 Å². The van der Waals surface area contributed by atoms with Gasteiger partial charge in [0.05, 0.1) is 12.2 Å². The lowest BCUT2D eigenvalue weighted by Gasteiger charge is -2.14. The molecule has 0 fully saturated rings. The molecule has 0 unspecified atom stereocenters. The number of hydrogen-bond acceptors (Lipinski definition) is 6. The number of para-hydroxylation sites is 2. The Kier molecular flexibility index (Phi) is 5.34. The summed E-state index contributed by atoms with van der Waals surface area (Å²) in [6.45, 7) is 4.69. The number of rotatable bonds is 7. The zero-order valence-corrected chi connectivity index (χ0v) is 12.3. The van der Waals surface area contributed by atoms with Crippen LogP contribution in [-0.2, 0) is 6.42 Å². The van der Waals surface area contributed by atoms with Gasteiger partial charge < -0.3 is 14.9 Å². The predicted molar refractivity (Wildman–Crippen MR) is 81.5 cm³/mol. The van der Waals surface area contributed by atoms with Crippen molar-refractivity contribution in [3.63, 3.8) is 0 Å². The molecule has 21 heavy (non-hydrogen) atoms. The molecule has 0 spiro atoms. The Morgan fingerprint density at radius 1 is 1.14 bits per heavy atom. The maximum atomic E-state index is 5.90. The second kappa shape index (κ2) is 7.44. The van der Waals surface area contributed by atoms with Crippen LogP contribution in [0.4, 0.5) is 5.82 Å². The van der Waals surface area contributed by atoms with Gasteiger partial charge in [0.2, 0.25) is 5.88 Å². The minimum Gasteiger partial charge on any atom is -0.490 e. The summed E-state index contributed by atoms with van der Waals surface area (Å²) in [7, 11) is 0. The second-order valence-electron chi connectivity index (χ2n) is 4.40. The van der Waals surface area contributed by atoms with Crippen LogP contribution in [0.25, 0.3) is 0 Å². The molecule has 0 aliphatic rings. The molecule has 1 heterocycles. The maximum absolute atomic E-state index is 5.90. The lowest BCUT2D eigenvalue weighted by Crippen LogP contribution is -2.12. The van der Waals surface area contributed by atoms with Gasteiger partial charge in [-0.1, -0.05) is 26.0 Å². The van der Waals surface area contributed by atoms with Gasteiger partial charge >= 0.3 is 0 Å². The second-order valence-corrected chi connectivity index (χ2v) is 4.40. The molecule has 2 aromatic rings. The van der Waals surface area contributed by atoms with Crippen molar-refractivity contribution >= 4 is 5.82 Å². The molecular weight excluding hydrogens is 268 g/mol. The first-order valence-electron chi connectivity index (χ1n) is 7.00. The van der Waals surface area contributed by atoms with E-state index in [1.807, 2.05) is 31.2 Å². The van der Waals surface area contributed by atoms with E-state index >= 15 is 0 Å². The fourth-order valence-electron chi connectivity index (χ4n) is 1.90. The third kappa shape index (κ3) is 3.61. The average Bonchev–Trinajstić information content (AvgIpc) is 2.53. The summed E-state index contributed by atoms with van der Waals surface area (Å²) in [4.78, 5) is 8.27. The first-order valence-corrected chi connectivity index (χ1v) is 7.00. The number of aromatic nitrogens is 2. The summed E-state index contributed by atoms with van der Waals surface area (Å²) in [5.74, 6) is 7.83. The van der Waals surface area contributed by atoms with Gasteiger partial charge in [0.25, 0.3) is 0 Å². The largest absolute Gasteiger partial charge is 0.490 e. The van der Waals surface area contributed by atoms with Crippen LogP contribution in [0.15, 0.2) is 30.6 Å². The van der Waals surface area contributed by atoms with Gasteiger partial charge in [0, 0.05) is 0 Å². The number of nitrogens with zero attached hydrogens (tertiary/aromatic N) is 2. The lowest BCUT2D eigenvalue weighted by atomic mass is 10.2. The van der Waals surface area contributed by atoms with Crippen LogP contribution in [-0.4, -0.2) is 16.6 Å². The lowest BCUT2D eigenvalue weighted by molar-refractivity contribution is 0.300. The van der Waals surface area contributed by atoms with Crippen molar-refractivity contribution in [2.75, 3.05) is 12.0 Å². The Labute approximate surface area is 124 Å². The molecule has 0 amide bonds.